The minimum absolute atomic E-state index is 0.00648. The SMILES string of the molecule is CNC(=O)c1ccc(OCC#Cc2sc3c(N[C@@H]4CCN(C)C[C@@H]4F)cccc3c2SC(F)(F)F)c(OC)n1. The first-order valence-electron chi connectivity index (χ1n) is 11.9. The maximum absolute atomic E-state index is 14.6. The summed E-state index contributed by atoms with van der Waals surface area (Å²) in [6, 6.07) is 7.53. The van der Waals surface area contributed by atoms with E-state index in [1.807, 2.05) is 11.9 Å². The Kier molecular flexibility index (Phi) is 9.09. The molecule has 0 aliphatic carbocycles. The molecule has 4 rings (SSSR count). The summed E-state index contributed by atoms with van der Waals surface area (Å²) < 4.78 is 66.4. The van der Waals surface area contributed by atoms with E-state index < -0.39 is 23.6 Å². The monoisotopic (exact) mass is 582 g/mol. The van der Waals surface area contributed by atoms with Crippen LogP contribution in [0.5, 0.6) is 11.6 Å². The third kappa shape index (κ3) is 7.06. The van der Waals surface area contributed by atoms with E-state index in [-0.39, 0.29) is 45.5 Å². The number of aromatic nitrogens is 1. The van der Waals surface area contributed by atoms with Gasteiger partial charge in [0, 0.05) is 25.5 Å². The maximum atomic E-state index is 14.6. The van der Waals surface area contributed by atoms with Crippen LogP contribution in [0.25, 0.3) is 10.1 Å². The van der Waals surface area contributed by atoms with Gasteiger partial charge in [0.1, 0.15) is 18.5 Å². The number of hydrogen-bond acceptors (Lipinski definition) is 8. The van der Waals surface area contributed by atoms with Crippen LogP contribution >= 0.6 is 23.1 Å². The summed E-state index contributed by atoms with van der Waals surface area (Å²) in [5.74, 6) is 5.47. The summed E-state index contributed by atoms with van der Waals surface area (Å²) in [5.41, 5.74) is -3.81. The number of anilines is 1. The van der Waals surface area contributed by atoms with E-state index in [1.165, 1.54) is 26.3 Å². The number of rotatable bonds is 7. The normalized spacial score (nSPS) is 17.8. The van der Waals surface area contributed by atoms with Gasteiger partial charge in [-0.05, 0) is 43.4 Å². The zero-order valence-corrected chi connectivity index (χ0v) is 23.0. The van der Waals surface area contributed by atoms with Gasteiger partial charge in [-0.3, -0.25) is 4.79 Å². The first kappa shape index (κ1) is 28.8. The Labute approximate surface area is 231 Å². The highest BCUT2D eigenvalue weighted by atomic mass is 32.2. The zero-order chi connectivity index (χ0) is 28.2. The largest absolute Gasteiger partial charge is 0.478 e. The fourth-order valence-electron chi connectivity index (χ4n) is 4.10. The van der Waals surface area contributed by atoms with Crippen molar-refractivity contribution < 1.29 is 31.8 Å². The molecule has 2 atom stereocenters. The molecule has 2 N–H and O–H groups in total. The number of benzene rings is 1. The van der Waals surface area contributed by atoms with Gasteiger partial charge < -0.3 is 25.0 Å². The van der Waals surface area contributed by atoms with Crippen molar-refractivity contribution >= 4 is 44.8 Å². The van der Waals surface area contributed by atoms with E-state index in [9.17, 15) is 22.4 Å². The molecule has 7 nitrogen and oxygen atoms in total. The van der Waals surface area contributed by atoms with Gasteiger partial charge in [-0.1, -0.05) is 24.0 Å². The highest BCUT2D eigenvalue weighted by molar-refractivity contribution is 8.00. The third-order valence-corrected chi connectivity index (χ3v) is 8.10. The lowest BCUT2D eigenvalue weighted by Gasteiger charge is -2.33. The second-order valence-corrected chi connectivity index (χ2v) is 10.8. The molecule has 1 aromatic carbocycles. The van der Waals surface area contributed by atoms with E-state index in [2.05, 4.69) is 27.5 Å². The van der Waals surface area contributed by atoms with E-state index in [0.29, 0.717) is 28.7 Å². The minimum atomic E-state index is -4.52. The number of alkyl halides is 4. The number of thiophene rings is 1. The standard InChI is InChI=1S/C26H26F4N4O3S2/c1-31-24(35)19-9-10-20(25(33-19)36-3)37-13-5-8-21-23(39-26(28,29)30)15-6-4-7-18(22(15)38-21)32-17-11-12-34(2)14-16(17)27/h4,6-7,9-10,16-17,32H,11-14H2,1-3H3,(H,31,35)/t16-,17+/m0/s1. The molecule has 0 saturated carbocycles. The molecule has 3 aromatic rings. The number of amides is 1. The van der Waals surface area contributed by atoms with Gasteiger partial charge in [0.05, 0.1) is 33.3 Å². The Hall–Kier alpha value is -3.21. The number of pyridine rings is 1. The Morgan fingerprint density at radius 1 is 1.31 bits per heavy atom. The Morgan fingerprint density at radius 3 is 2.79 bits per heavy atom. The molecule has 0 radical (unpaired) electrons. The topological polar surface area (TPSA) is 75.7 Å². The van der Waals surface area contributed by atoms with Crippen molar-refractivity contribution in [3.05, 3.63) is 40.9 Å². The number of likely N-dealkylation sites (tertiary alicyclic amines) is 1. The lowest BCUT2D eigenvalue weighted by Crippen LogP contribution is -2.46. The second-order valence-electron chi connectivity index (χ2n) is 8.68. The molecule has 3 heterocycles. The Balaban J connectivity index is 1.59. The van der Waals surface area contributed by atoms with E-state index >= 15 is 0 Å². The van der Waals surface area contributed by atoms with Crippen molar-refractivity contribution in [1.82, 2.24) is 15.2 Å². The zero-order valence-electron chi connectivity index (χ0n) is 21.3. The number of methoxy groups -OCH3 is 1. The lowest BCUT2D eigenvalue weighted by molar-refractivity contribution is -0.0327. The number of fused-ring (bicyclic) bond motifs is 1. The number of hydrogen-bond donors (Lipinski definition) is 2. The number of ether oxygens (including phenoxy) is 2. The summed E-state index contributed by atoms with van der Waals surface area (Å²) in [4.78, 5) is 18.0. The molecule has 1 fully saturated rings. The number of nitrogens with one attached hydrogen (secondary N) is 2. The van der Waals surface area contributed by atoms with Crippen LogP contribution in [-0.4, -0.2) is 74.4 Å². The number of halogens is 4. The molecule has 2 aromatic heterocycles. The van der Waals surface area contributed by atoms with Gasteiger partial charge in [0.2, 0.25) is 0 Å². The molecule has 13 heteroatoms. The van der Waals surface area contributed by atoms with Crippen molar-refractivity contribution in [3.63, 3.8) is 0 Å². The average Bonchev–Trinajstić information content (AvgIpc) is 3.24. The quantitative estimate of drug-likeness (QED) is 0.227. The van der Waals surface area contributed by atoms with Crippen LogP contribution in [0, 0.1) is 11.8 Å². The van der Waals surface area contributed by atoms with Gasteiger partial charge in [-0.15, -0.1) is 11.3 Å². The number of thioether (sulfide) groups is 1. The number of carbonyl (C=O) groups excluding carboxylic acids is 1. The second kappa shape index (κ2) is 12.3. The van der Waals surface area contributed by atoms with E-state index in [0.717, 1.165) is 17.9 Å². The lowest BCUT2D eigenvalue weighted by atomic mass is 10.0. The first-order chi connectivity index (χ1) is 18.6. The van der Waals surface area contributed by atoms with Crippen LogP contribution < -0.4 is 20.1 Å². The van der Waals surface area contributed by atoms with Crippen LogP contribution in [0.1, 0.15) is 21.8 Å². The van der Waals surface area contributed by atoms with Crippen molar-refractivity contribution in [1.29, 1.82) is 0 Å². The highest BCUT2D eigenvalue weighted by Gasteiger charge is 2.33. The van der Waals surface area contributed by atoms with Gasteiger partial charge >= 0.3 is 5.51 Å². The smallest absolute Gasteiger partial charge is 0.446 e. The van der Waals surface area contributed by atoms with Crippen LogP contribution in [-0.2, 0) is 0 Å². The Morgan fingerprint density at radius 2 is 2.10 bits per heavy atom. The van der Waals surface area contributed by atoms with Crippen molar-refractivity contribution in [2.24, 2.45) is 0 Å². The Bertz CT molecular complexity index is 1400. The molecular formula is C26H26F4N4O3S2. The fraction of sp³-hybridized carbons (Fsp3) is 0.385. The maximum Gasteiger partial charge on any atom is 0.446 e. The molecule has 1 saturated heterocycles. The molecule has 1 aliphatic rings. The van der Waals surface area contributed by atoms with Crippen LogP contribution in [0.4, 0.5) is 23.2 Å². The van der Waals surface area contributed by atoms with E-state index in [1.54, 1.807) is 18.2 Å². The summed E-state index contributed by atoms with van der Waals surface area (Å²) in [6.45, 7) is 0.851. The summed E-state index contributed by atoms with van der Waals surface area (Å²) in [7, 11) is 4.70. The van der Waals surface area contributed by atoms with Gasteiger partial charge in [0.15, 0.2) is 5.75 Å². The number of carbonyl (C=O) groups is 1. The van der Waals surface area contributed by atoms with Crippen LogP contribution in [0.2, 0.25) is 0 Å². The van der Waals surface area contributed by atoms with Crippen LogP contribution in [0.3, 0.4) is 0 Å². The molecule has 0 spiro atoms. The number of nitrogens with zero attached hydrogens (tertiary/aromatic N) is 2. The molecule has 1 amide bonds. The predicted molar refractivity (Wildman–Crippen MR) is 145 cm³/mol. The summed E-state index contributed by atoms with van der Waals surface area (Å²) in [6.07, 6.45) is -0.521. The van der Waals surface area contributed by atoms with Crippen molar-refractivity contribution in [2.75, 3.05) is 46.2 Å². The summed E-state index contributed by atoms with van der Waals surface area (Å²) >= 11 is 0.893. The average molecular weight is 583 g/mol. The predicted octanol–water partition coefficient (Wildman–Crippen LogP) is 5.16. The summed E-state index contributed by atoms with van der Waals surface area (Å²) in [5, 5.41) is 6.07. The van der Waals surface area contributed by atoms with Gasteiger partial charge in [0.25, 0.3) is 11.8 Å². The fourth-order valence-corrected chi connectivity index (χ4v) is 6.11. The van der Waals surface area contributed by atoms with Crippen molar-refractivity contribution in [3.8, 4) is 23.5 Å². The van der Waals surface area contributed by atoms with Crippen LogP contribution in [0.15, 0.2) is 35.2 Å². The molecule has 1 aliphatic heterocycles. The van der Waals surface area contributed by atoms with Gasteiger partial charge in [-0.2, -0.15) is 13.2 Å². The highest BCUT2D eigenvalue weighted by Crippen LogP contribution is 2.47. The van der Waals surface area contributed by atoms with Gasteiger partial charge in [-0.25, -0.2) is 9.37 Å². The molecule has 208 valence electrons. The molecule has 0 unspecified atom stereocenters. The van der Waals surface area contributed by atoms with E-state index in [4.69, 9.17) is 9.47 Å². The first-order valence-corrected chi connectivity index (χ1v) is 13.5. The molecule has 39 heavy (non-hydrogen) atoms. The molecule has 0 bridgehead atoms. The molecular weight excluding hydrogens is 556 g/mol. The third-order valence-electron chi connectivity index (χ3n) is 5.95. The number of piperidine rings is 1. The van der Waals surface area contributed by atoms with Crippen molar-refractivity contribution in [2.45, 2.75) is 29.0 Å². The minimum Gasteiger partial charge on any atom is -0.478 e.